The zero-order valence-corrected chi connectivity index (χ0v) is 10.1. The Kier molecular flexibility index (Phi) is 5.49. The van der Waals surface area contributed by atoms with E-state index >= 15 is 0 Å². The molecule has 1 saturated carbocycles. The zero-order chi connectivity index (χ0) is 10.4. The molecule has 0 saturated heterocycles. The second-order valence-electron chi connectivity index (χ2n) is 4.58. The van der Waals surface area contributed by atoms with Crippen LogP contribution in [0.4, 0.5) is 0 Å². The summed E-state index contributed by atoms with van der Waals surface area (Å²) in [6.07, 6.45) is 8.41. The van der Waals surface area contributed by atoms with Crippen molar-refractivity contribution in [1.82, 2.24) is 10.2 Å². The van der Waals surface area contributed by atoms with E-state index in [1.807, 2.05) is 0 Å². The SMILES string of the molecule is CCC(CNC)N(C)C1CCCCC1. The predicted octanol–water partition coefficient (Wildman–Crippen LogP) is 2.25. The van der Waals surface area contributed by atoms with Gasteiger partial charge in [0.05, 0.1) is 0 Å². The number of rotatable bonds is 5. The van der Waals surface area contributed by atoms with Crippen molar-refractivity contribution in [3.05, 3.63) is 0 Å². The number of hydrogen-bond donors (Lipinski definition) is 1. The smallest absolute Gasteiger partial charge is 0.0217 e. The van der Waals surface area contributed by atoms with Gasteiger partial charge in [0, 0.05) is 18.6 Å². The van der Waals surface area contributed by atoms with Crippen LogP contribution in [0.1, 0.15) is 45.4 Å². The van der Waals surface area contributed by atoms with Gasteiger partial charge in [-0.2, -0.15) is 0 Å². The second-order valence-corrected chi connectivity index (χ2v) is 4.58. The Morgan fingerprint density at radius 1 is 1.29 bits per heavy atom. The molecule has 0 aromatic carbocycles. The quantitative estimate of drug-likeness (QED) is 0.729. The van der Waals surface area contributed by atoms with Crippen molar-refractivity contribution >= 4 is 0 Å². The van der Waals surface area contributed by atoms with Crippen LogP contribution < -0.4 is 5.32 Å². The summed E-state index contributed by atoms with van der Waals surface area (Å²) in [6.45, 7) is 3.42. The van der Waals surface area contributed by atoms with Crippen molar-refractivity contribution in [3.63, 3.8) is 0 Å². The first kappa shape index (κ1) is 12.0. The lowest BCUT2D eigenvalue weighted by Crippen LogP contribution is -2.45. The predicted molar refractivity (Wildman–Crippen MR) is 62.6 cm³/mol. The Labute approximate surface area is 89.1 Å². The zero-order valence-electron chi connectivity index (χ0n) is 10.1. The number of nitrogens with one attached hydrogen (secondary N) is 1. The molecule has 84 valence electrons. The molecule has 0 aliphatic heterocycles. The van der Waals surface area contributed by atoms with E-state index in [1.54, 1.807) is 0 Å². The van der Waals surface area contributed by atoms with E-state index in [9.17, 15) is 0 Å². The van der Waals surface area contributed by atoms with Crippen LogP contribution >= 0.6 is 0 Å². The van der Waals surface area contributed by atoms with Gasteiger partial charge in [-0.05, 0) is 33.4 Å². The Hall–Kier alpha value is -0.0800. The van der Waals surface area contributed by atoms with Crippen LogP contribution in [0, 0.1) is 0 Å². The molecule has 1 fully saturated rings. The minimum atomic E-state index is 0.725. The normalized spacial score (nSPS) is 21.4. The third-order valence-corrected chi connectivity index (χ3v) is 3.64. The fourth-order valence-electron chi connectivity index (χ4n) is 2.60. The van der Waals surface area contributed by atoms with Crippen LogP contribution in [0.5, 0.6) is 0 Å². The van der Waals surface area contributed by atoms with Gasteiger partial charge < -0.3 is 5.32 Å². The molecular weight excluding hydrogens is 172 g/mol. The van der Waals surface area contributed by atoms with Crippen LogP contribution in [0.15, 0.2) is 0 Å². The minimum Gasteiger partial charge on any atom is -0.318 e. The molecule has 1 rings (SSSR count). The first-order valence-electron chi connectivity index (χ1n) is 6.16. The molecule has 14 heavy (non-hydrogen) atoms. The van der Waals surface area contributed by atoms with Gasteiger partial charge in [-0.25, -0.2) is 0 Å². The van der Waals surface area contributed by atoms with Gasteiger partial charge in [-0.3, -0.25) is 4.90 Å². The summed E-state index contributed by atoms with van der Waals surface area (Å²) in [6, 6.07) is 1.57. The maximum absolute atomic E-state index is 3.30. The summed E-state index contributed by atoms with van der Waals surface area (Å²) < 4.78 is 0. The maximum atomic E-state index is 3.30. The van der Waals surface area contributed by atoms with Gasteiger partial charge in [0.25, 0.3) is 0 Å². The molecule has 1 N–H and O–H groups in total. The van der Waals surface area contributed by atoms with E-state index < -0.39 is 0 Å². The molecule has 0 aromatic rings. The van der Waals surface area contributed by atoms with Crippen LogP contribution in [0.3, 0.4) is 0 Å². The first-order chi connectivity index (χ1) is 6.79. The Balaban J connectivity index is 2.38. The third kappa shape index (κ3) is 3.25. The molecule has 0 aromatic heterocycles. The molecule has 1 atom stereocenters. The lowest BCUT2D eigenvalue weighted by Gasteiger charge is -2.36. The number of nitrogens with zero attached hydrogens (tertiary/aromatic N) is 1. The minimum absolute atomic E-state index is 0.725. The molecule has 0 radical (unpaired) electrons. The van der Waals surface area contributed by atoms with E-state index in [0.717, 1.165) is 18.6 Å². The molecule has 0 spiro atoms. The third-order valence-electron chi connectivity index (χ3n) is 3.64. The molecule has 1 aliphatic carbocycles. The van der Waals surface area contributed by atoms with Crippen LogP contribution in [0.2, 0.25) is 0 Å². The summed E-state index contributed by atoms with van der Waals surface area (Å²) in [5, 5.41) is 3.30. The van der Waals surface area contributed by atoms with Crippen molar-refractivity contribution in [2.75, 3.05) is 20.6 Å². The molecule has 0 heterocycles. The summed E-state index contributed by atoms with van der Waals surface area (Å²) in [5.74, 6) is 0. The van der Waals surface area contributed by atoms with Gasteiger partial charge >= 0.3 is 0 Å². The fourth-order valence-corrected chi connectivity index (χ4v) is 2.60. The van der Waals surface area contributed by atoms with Crippen molar-refractivity contribution in [2.24, 2.45) is 0 Å². The average Bonchev–Trinajstić information content (AvgIpc) is 2.26. The van der Waals surface area contributed by atoms with Gasteiger partial charge in [0.2, 0.25) is 0 Å². The highest BCUT2D eigenvalue weighted by molar-refractivity contribution is 4.79. The summed E-state index contributed by atoms with van der Waals surface area (Å²) in [5.41, 5.74) is 0. The van der Waals surface area contributed by atoms with Crippen LogP contribution in [0.25, 0.3) is 0 Å². The standard InChI is InChI=1S/C12H26N2/c1-4-11(10-13-2)14(3)12-8-6-5-7-9-12/h11-13H,4-10H2,1-3H3. The Morgan fingerprint density at radius 2 is 1.93 bits per heavy atom. The number of hydrogen-bond acceptors (Lipinski definition) is 2. The summed E-state index contributed by atoms with van der Waals surface area (Å²) in [4.78, 5) is 2.61. The van der Waals surface area contributed by atoms with Crippen LogP contribution in [-0.2, 0) is 0 Å². The molecule has 2 heteroatoms. The molecule has 0 bridgehead atoms. The molecule has 2 nitrogen and oxygen atoms in total. The van der Waals surface area contributed by atoms with E-state index in [1.165, 1.54) is 38.5 Å². The van der Waals surface area contributed by atoms with Gasteiger partial charge in [-0.15, -0.1) is 0 Å². The highest BCUT2D eigenvalue weighted by Gasteiger charge is 2.22. The topological polar surface area (TPSA) is 15.3 Å². The van der Waals surface area contributed by atoms with E-state index in [0.29, 0.717) is 0 Å². The van der Waals surface area contributed by atoms with Gasteiger partial charge in [-0.1, -0.05) is 26.2 Å². The lowest BCUT2D eigenvalue weighted by molar-refractivity contribution is 0.133. The Bertz CT molecular complexity index is 137. The highest BCUT2D eigenvalue weighted by Crippen LogP contribution is 2.23. The average molecular weight is 198 g/mol. The van der Waals surface area contributed by atoms with Crippen molar-refractivity contribution in [2.45, 2.75) is 57.5 Å². The molecule has 1 aliphatic rings. The van der Waals surface area contributed by atoms with Gasteiger partial charge in [0.15, 0.2) is 0 Å². The first-order valence-corrected chi connectivity index (χ1v) is 6.16. The Morgan fingerprint density at radius 3 is 2.43 bits per heavy atom. The largest absolute Gasteiger partial charge is 0.318 e. The van der Waals surface area contributed by atoms with E-state index in [-0.39, 0.29) is 0 Å². The van der Waals surface area contributed by atoms with E-state index in [4.69, 9.17) is 0 Å². The van der Waals surface area contributed by atoms with Crippen molar-refractivity contribution in [3.8, 4) is 0 Å². The lowest BCUT2D eigenvalue weighted by atomic mass is 9.93. The summed E-state index contributed by atoms with van der Waals surface area (Å²) >= 11 is 0. The molecular formula is C12H26N2. The van der Waals surface area contributed by atoms with Gasteiger partial charge in [0.1, 0.15) is 0 Å². The second kappa shape index (κ2) is 6.41. The monoisotopic (exact) mass is 198 g/mol. The molecule has 0 amide bonds. The highest BCUT2D eigenvalue weighted by atomic mass is 15.2. The molecule has 1 unspecified atom stereocenters. The van der Waals surface area contributed by atoms with Crippen molar-refractivity contribution in [1.29, 1.82) is 0 Å². The maximum Gasteiger partial charge on any atom is 0.0217 e. The number of likely N-dealkylation sites (N-methyl/N-ethyl adjacent to an activating group) is 2. The summed E-state index contributed by atoms with van der Waals surface area (Å²) in [7, 11) is 4.36. The van der Waals surface area contributed by atoms with Crippen molar-refractivity contribution < 1.29 is 0 Å². The van der Waals surface area contributed by atoms with Crippen LogP contribution in [-0.4, -0.2) is 37.6 Å². The van der Waals surface area contributed by atoms with E-state index in [2.05, 4.69) is 31.2 Å². The fraction of sp³-hybridized carbons (Fsp3) is 1.00.